The van der Waals surface area contributed by atoms with Gasteiger partial charge >= 0.3 is 5.95 Å². The molecule has 1 saturated heterocycles. The highest BCUT2D eigenvalue weighted by atomic mass is 79.9. The molecule has 0 spiro atoms. The molecule has 5 aliphatic rings. The summed E-state index contributed by atoms with van der Waals surface area (Å²) >= 11 is 3.38. The van der Waals surface area contributed by atoms with Crippen molar-refractivity contribution in [3.8, 4) is 0 Å². The van der Waals surface area contributed by atoms with Crippen LogP contribution in [0, 0.1) is 27.4 Å². The average Bonchev–Trinajstić information content (AvgIpc) is 3.04. The summed E-state index contributed by atoms with van der Waals surface area (Å²) in [7, 11) is 0. The van der Waals surface area contributed by atoms with Gasteiger partial charge < -0.3 is 19.8 Å². The van der Waals surface area contributed by atoms with Crippen LogP contribution in [0.4, 0.5) is 5.95 Å². The summed E-state index contributed by atoms with van der Waals surface area (Å²) < 4.78 is 7.52. The standard InChI is InChI=1S/C17H22BrN5O4/c18-14-19-15(23(25)26)20-22(14)17-8-11-5-12(9-17)7-16(6-11,10-17)13(24)21-1-3-27-4-2-21/h11-12H,1-10H2/t11-,12-,16?,17?/m1/s1. The molecular weight excluding hydrogens is 418 g/mol. The van der Waals surface area contributed by atoms with Crippen LogP contribution in [0.3, 0.4) is 0 Å². The number of amides is 1. The molecule has 10 heteroatoms. The number of rotatable bonds is 3. The van der Waals surface area contributed by atoms with Gasteiger partial charge in [-0.15, -0.1) is 0 Å². The number of carbonyl (C=O) groups is 1. The maximum atomic E-state index is 13.5. The van der Waals surface area contributed by atoms with Gasteiger partial charge in [-0.25, -0.2) is 0 Å². The Labute approximate surface area is 164 Å². The summed E-state index contributed by atoms with van der Waals surface area (Å²) in [6.07, 6.45) is 5.53. The van der Waals surface area contributed by atoms with E-state index in [4.69, 9.17) is 4.74 Å². The number of hydrogen-bond donors (Lipinski definition) is 0. The zero-order valence-electron chi connectivity index (χ0n) is 15.0. The van der Waals surface area contributed by atoms with E-state index < -0.39 is 4.92 Å². The number of nitrogens with zero attached hydrogens (tertiary/aromatic N) is 5. The number of halogens is 1. The van der Waals surface area contributed by atoms with E-state index in [0.717, 1.165) is 32.1 Å². The Kier molecular flexibility index (Phi) is 3.88. The third kappa shape index (κ3) is 2.63. The van der Waals surface area contributed by atoms with Crippen LogP contribution < -0.4 is 0 Å². The Morgan fingerprint density at radius 1 is 1.22 bits per heavy atom. The second-order valence-corrected chi connectivity index (χ2v) is 9.43. The van der Waals surface area contributed by atoms with Gasteiger partial charge in [0.05, 0.1) is 24.2 Å². The Balaban J connectivity index is 1.52. The third-order valence-electron chi connectivity index (χ3n) is 6.95. The molecule has 1 amide bonds. The first-order chi connectivity index (χ1) is 12.9. The van der Waals surface area contributed by atoms with Crippen LogP contribution in [0.2, 0.25) is 0 Å². The lowest BCUT2D eigenvalue weighted by Gasteiger charge is -2.61. The van der Waals surface area contributed by atoms with Gasteiger partial charge in [-0.1, -0.05) is 0 Å². The molecule has 4 aliphatic carbocycles. The van der Waals surface area contributed by atoms with Crippen molar-refractivity contribution < 1.29 is 14.5 Å². The Hall–Kier alpha value is -1.55. The van der Waals surface area contributed by atoms with Crippen LogP contribution in [-0.2, 0) is 15.1 Å². The van der Waals surface area contributed by atoms with Gasteiger partial charge in [0.2, 0.25) is 5.91 Å². The topological polar surface area (TPSA) is 103 Å². The molecule has 0 radical (unpaired) electrons. The van der Waals surface area contributed by atoms with E-state index in [2.05, 4.69) is 26.0 Å². The molecule has 9 nitrogen and oxygen atoms in total. The van der Waals surface area contributed by atoms with Crippen LogP contribution in [0.25, 0.3) is 0 Å². The highest BCUT2D eigenvalue weighted by Crippen LogP contribution is 2.65. The van der Waals surface area contributed by atoms with Crippen molar-refractivity contribution >= 4 is 27.8 Å². The quantitative estimate of drug-likeness (QED) is 0.527. The number of aromatic nitrogens is 3. The van der Waals surface area contributed by atoms with E-state index in [1.807, 2.05) is 4.90 Å². The molecule has 27 heavy (non-hydrogen) atoms. The van der Waals surface area contributed by atoms with Gasteiger partial charge in [-0.3, -0.25) is 4.79 Å². The monoisotopic (exact) mass is 439 g/mol. The van der Waals surface area contributed by atoms with E-state index in [1.54, 1.807) is 4.68 Å². The lowest BCUT2D eigenvalue weighted by atomic mass is 9.46. The van der Waals surface area contributed by atoms with Crippen LogP contribution in [-0.4, -0.2) is 56.8 Å². The third-order valence-corrected chi connectivity index (χ3v) is 7.46. The Bertz CT molecular complexity index is 791. The van der Waals surface area contributed by atoms with Crippen molar-refractivity contribution in [3.05, 3.63) is 14.8 Å². The fraction of sp³-hybridized carbons (Fsp3) is 0.824. The minimum absolute atomic E-state index is 0.245. The van der Waals surface area contributed by atoms with Gasteiger partial charge in [0, 0.05) is 34.1 Å². The van der Waals surface area contributed by atoms with Crippen molar-refractivity contribution in [1.82, 2.24) is 19.7 Å². The first-order valence-electron chi connectivity index (χ1n) is 9.55. The van der Waals surface area contributed by atoms with E-state index >= 15 is 0 Å². The largest absolute Gasteiger partial charge is 0.492 e. The van der Waals surface area contributed by atoms with Crippen LogP contribution >= 0.6 is 15.9 Å². The number of morpholine rings is 1. The summed E-state index contributed by atoms with van der Waals surface area (Å²) in [4.78, 5) is 30.1. The fourth-order valence-electron chi connectivity index (χ4n) is 6.48. The minimum atomic E-state index is -0.559. The zero-order valence-corrected chi connectivity index (χ0v) is 16.6. The highest BCUT2D eigenvalue weighted by Gasteiger charge is 2.63. The Morgan fingerprint density at radius 3 is 2.48 bits per heavy atom. The first kappa shape index (κ1) is 17.5. The molecule has 0 N–H and O–H groups in total. The number of carbonyl (C=O) groups excluding carboxylic acids is 1. The maximum Gasteiger partial charge on any atom is 0.492 e. The molecule has 1 aliphatic heterocycles. The summed E-state index contributed by atoms with van der Waals surface area (Å²) in [5, 5.41) is 15.4. The molecule has 2 atom stereocenters. The van der Waals surface area contributed by atoms with E-state index in [-0.39, 0.29) is 22.8 Å². The van der Waals surface area contributed by atoms with Crippen molar-refractivity contribution in [2.24, 2.45) is 17.3 Å². The van der Waals surface area contributed by atoms with Crippen molar-refractivity contribution in [3.63, 3.8) is 0 Å². The first-order valence-corrected chi connectivity index (χ1v) is 10.3. The molecule has 1 aromatic heterocycles. The molecule has 6 rings (SSSR count). The van der Waals surface area contributed by atoms with Crippen LogP contribution in [0.5, 0.6) is 0 Å². The lowest BCUT2D eigenvalue weighted by Crippen LogP contribution is -2.62. The molecule has 5 fully saturated rings. The lowest BCUT2D eigenvalue weighted by molar-refractivity contribution is -0.394. The summed E-state index contributed by atoms with van der Waals surface area (Å²) in [5.74, 6) is 0.791. The summed E-state index contributed by atoms with van der Waals surface area (Å²) in [5.41, 5.74) is -0.728. The van der Waals surface area contributed by atoms with E-state index in [0.29, 0.717) is 49.3 Å². The smallest absolute Gasteiger partial charge is 0.390 e. The van der Waals surface area contributed by atoms with E-state index in [1.165, 1.54) is 0 Å². The SMILES string of the molecule is O=C(N1CCOCC1)C12C[C@H]3C[C@H](C1)CC(n1nc([N+](=O)[O-])nc1Br)(C3)C2. The average molecular weight is 440 g/mol. The van der Waals surface area contributed by atoms with Gasteiger partial charge in [-0.05, 0) is 60.3 Å². The van der Waals surface area contributed by atoms with Crippen molar-refractivity contribution in [2.45, 2.75) is 44.1 Å². The highest BCUT2D eigenvalue weighted by molar-refractivity contribution is 9.10. The van der Waals surface area contributed by atoms with Gasteiger partial charge in [-0.2, -0.15) is 4.68 Å². The van der Waals surface area contributed by atoms with Gasteiger partial charge in [0.25, 0.3) is 4.73 Å². The zero-order chi connectivity index (χ0) is 18.8. The Morgan fingerprint density at radius 2 is 1.89 bits per heavy atom. The predicted molar refractivity (Wildman–Crippen MR) is 96.9 cm³/mol. The van der Waals surface area contributed by atoms with Crippen LogP contribution in [0.1, 0.15) is 38.5 Å². The normalized spacial score (nSPS) is 37.6. The molecule has 2 heterocycles. The van der Waals surface area contributed by atoms with Gasteiger partial charge in [0.1, 0.15) is 0 Å². The summed E-state index contributed by atoms with van der Waals surface area (Å²) in [6, 6.07) is 0. The molecular formula is C17H22BrN5O4. The van der Waals surface area contributed by atoms with Crippen molar-refractivity contribution in [2.75, 3.05) is 26.3 Å². The number of hydrogen-bond acceptors (Lipinski definition) is 6. The number of ether oxygens (including phenoxy) is 1. The predicted octanol–water partition coefficient (Wildman–Crippen LogP) is 2.10. The van der Waals surface area contributed by atoms with Gasteiger partial charge in [0.15, 0.2) is 0 Å². The number of nitro groups is 1. The minimum Gasteiger partial charge on any atom is -0.390 e. The van der Waals surface area contributed by atoms with Crippen LogP contribution in [0.15, 0.2) is 4.73 Å². The van der Waals surface area contributed by atoms with E-state index in [9.17, 15) is 14.9 Å². The summed E-state index contributed by atoms with van der Waals surface area (Å²) in [6.45, 7) is 2.50. The maximum absolute atomic E-state index is 13.5. The second kappa shape index (κ2) is 5.97. The molecule has 146 valence electrons. The molecule has 4 bridgehead atoms. The fourth-order valence-corrected chi connectivity index (χ4v) is 7.09. The molecule has 0 unspecified atom stereocenters. The second-order valence-electron chi connectivity index (χ2n) is 8.72. The van der Waals surface area contributed by atoms with Crippen molar-refractivity contribution in [1.29, 1.82) is 0 Å². The molecule has 0 aromatic carbocycles. The molecule has 4 saturated carbocycles. The molecule has 1 aromatic rings.